The fraction of sp³-hybridized carbons (Fsp3) is 0.211. The maximum Gasteiger partial charge on any atom is 0.261 e. The number of hydrogen-bond acceptors (Lipinski definition) is 6. The molecule has 27 heavy (non-hydrogen) atoms. The third-order valence-corrected chi connectivity index (χ3v) is 4.99. The third kappa shape index (κ3) is 4.06. The molecule has 1 heterocycles. The van der Waals surface area contributed by atoms with Gasteiger partial charge in [-0.05, 0) is 24.3 Å². The van der Waals surface area contributed by atoms with Crippen molar-refractivity contribution in [3.05, 3.63) is 52.8 Å². The van der Waals surface area contributed by atoms with Gasteiger partial charge in [0, 0.05) is 13.1 Å². The average Bonchev–Trinajstić information content (AvgIpc) is 2.69. The number of para-hydroxylation sites is 1. The Hall–Kier alpha value is -3.00. The number of carbonyl (C=O) groups excluding carboxylic acids is 1. The molecule has 0 aliphatic carbocycles. The molecule has 1 aromatic heterocycles. The molecule has 1 N–H and O–H groups in total. The molecule has 7 nitrogen and oxygen atoms in total. The van der Waals surface area contributed by atoms with Crippen molar-refractivity contribution < 1.29 is 14.3 Å². The van der Waals surface area contributed by atoms with Crippen molar-refractivity contribution in [3.63, 3.8) is 0 Å². The molecular weight excluding hydrogens is 366 g/mol. The van der Waals surface area contributed by atoms with Crippen LogP contribution in [0.4, 0.5) is 5.69 Å². The van der Waals surface area contributed by atoms with Crippen LogP contribution in [0, 0.1) is 0 Å². The smallest absolute Gasteiger partial charge is 0.261 e. The molecular formula is C19H19N3O4S. The standard InChI is InChI=1S/C19H19N3O4S/c1-22-18(24)13-6-4-5-7-14(13)21-19(22)27-11-17(23)20-15-10-12(25-2)8-9-16(15)26-3/h4-10H,11H2,1-3H3,(H,20,23). The molecule has 1 amide bonds. The lowest BCUT2D eigenvalue weighted by atomic mass is 10.2. The Bertz CT molecular complexity index is 1050. The Balaban J connectivity index is 1.76. The lowest BCUT2D eigenvalue weighted by Crippen LogP contribution is -2.21. The van der Waals surface area contributed by atoms with Crippen LogP contribution < -0.4 is 20.3 Å². The highest BCUT2D eigenvalue weighted by molar-refractivity contribution is 7.99. The van der Waals surface area contributed by atoms with Crippen molar-refractivity contribution in [2.75, 3.05) is 25.3 Å². The number of ether oxygens (including phenoxy) is 2. The van der Waals surface area contributed by atoms with E-state index in [1.807, 2.05) is 6.07 Å². The minimum Gasteiger partial charge on any atom is -0.497 e. The van der Waals surface area contributed by atoms with Crippen LogP contribution in [-0.4, -0.2) is 35.4 Å². The molecule has 2 aromatic carbocycles. The highest BCUT2D eigenvalue weighted by atomic mass is 32.2. The summed E-state index contributed by atoms with van der Waals surface area (Å²) in [6.07, 6.45) is 0. The predicted octanol–water partition coefficient (Wildman–Crippen LogP) is 2.68. The van der Waals surface area contributed by atoms with Gasteiger partial charge in [-0.2, -0.15) is 0 Å². The first-order valence-corrected chi connectivity index (χ1v) is 9.12. The molecule has 140 valence electrons. The third-order valence-electron chi connectivity index (χ3n) is 3.96. The first kappa shape index (κ1) is 18.8. The zero-order valence-electron chi connectivity index (χ0n) is 15.2. The Labute approximate surface area is 160 Å². The van der Waals surface area contributed by atoms with Gasteiger partial charge in [-0.1, -0.05) is 23.9 Å². The summed E-state index contributed by atoms with van der Waals surface area (Å²) in [7, 11) is 4.73. The van der Waals surface area contributed by atoms with Gasteiger partial charge >= 0.3 is 0 Å². The molecule has 0 aliphatic heterocycles. The van der Waals surface area contributed by atoms with Crippen molar-refractivity contribution in [1.82, 2.24) is 9.55 Å². The number of anilines is 1. The summed E-state index contributed by atoms with van der Waals surface area (Å²) in [4.78, 5) is 29.3. The number of nitrogens with one attached hydrogen (secondary N) is 1. The topological polar surface area (TPSA) is 82.5 Å². The maximum absolute atomic E-state index is 12.4. The summed E-state index contributed by atoms with van der Waals surface area (Å²) >= 11 is 1.19. The molecule has 0 fully saturated rings. The SMILES string of the molecule is COc1ccc(OC)c(NC(=O)CSc2nc3ccccc3c(=O)n2C)c1. The average molecular weight is 385 g/mol. The van der Waals surface area contributed by atoms with E-state index >= 15 is 0 Å². The summed E-state index contributed by atoms with van der Waals surface area (Å²) in [5.41, 5.74) is 0.985. The number of thioether (sulfide) groups is 1. The van der Waals surface area contributed by atoms with Crippen molar-refractivity contribution in [2.45, 2.75) is 5.16 Å². The number of methoxy groups -OCH3 is 2. The van der Waals surface area contributed by atoms with Gasteiger partial charge in [0.15, 0.2) is 5.16 Å². The largest absolute Gasteiger partial charge is 0.497 e. The molecule has 0 aliphatic rings. The van der Waals surface area contributed by atoms with Crippen molar-refractivity contribution in [3.8, 4) is 11.5 Å². The Kier molecular flexibility index (Phi) is 5.66. The van der Waals surface area contributed by atoms with Crippen LogP contribution in [-0.2, 0) is 11.8 Å². The summed E-state index contributed by atoms with van der Waals surface area (Å²) in [6, 6.07) is 12.3. The molecule has 0 saturated heterocycles. The fourth-order valence-corrected chi connectivity index (χ4v) is 3.33. The van der Waals surface area contributed by atoms with Gasteiger partial charge in [0.25, 0.3) is 5.56 Å². The zero-order valence-corrected chi connectivity index (χ0v) is 16.0. The van der Waals surface area contributed by atoms with Crippen molar-refractivity contribution in [2.24, 2.45) is 7.05 Å². The van der Waals surface area contributed by atoms with E-state index in [0.29, 0.717) is 33.2 Å². The van der Waals surface area contributed by atoms with Crippen molar-refractivity contribution in [1.29, 1.82) is 0 Å². The van der Waals surface area contributed by atoms with Gasteiger partial charge in [-0.15, -0.1) is 0 Å². The molecule has 0 unspecified atom stereocenters. The van der Waals surface area contributed by atoms with Crippen LogP contribution in [0.5, 0.6) is 11.5 Å². The van der Waals surface area contributed by atoms with Crippen LogP contribution in [0.2, 0.25) is 0 Å². The number of carbonyl (C=O) groups is 1. The van der Waals surface area contributed by atoms with E-state index in [1.165, 1.54) is 23.4 Å². The van der Waals surface area contributed by atoms with E-state index in [-0.39, 0.29) is 17.2 Å². The highest BCUT2D eigenvalue weighted by Crippen LogP contribution is 2.29. The van der Waals surface area contributed by atoms with E-state index in [0.717, 1.165) is 0 Å². The van der Waals surface area contributed by atoms with Crippen LogP contribution in [0.1, 0.15) is 0 Å². The van der Waals surface area contributed by atoms with Crippen LogP contribution in [0.25, 0.3) is 10.9 Å². The lowest BCUT2D eigenvalue weighted by Gasteiger charge is -2.12. The number of rotatable bonds is 6. The summed E-state index contributed by atoms with van der Waals surface area (Å²) < 4.78 is 11.9. The van der Waals surface area contributed by atoms with Crippen LogP contribution in [0.3, 0.4) is 0 Å². The van der Waals surface area contributed by atoms with Gasteiger partial charge < -0.3 is 14.8 Å². The van der Waals surface area contributed by atoms with Gasteiger partial charge in [-0.25, -0.2) is 4.98 Å². The first-order chi connectivity index (χ1) is 13.0. The number of fused-ring (bicyclic) bond motifs is 1. The number of hydrogen-bond donors (Lipinski definition) is 1. The minimum atomic E-state index is -0.242. The maximum atomic E-state index is 12.4. The molecule has 3 aromatic rings. The van der Waals surface area contributed by atoms with Gasteiger partial charge in [0.05, 0.1) is 36.6 Å². The monoisotopic (exact) mass is 385 g/mol. The summed E-state index contributed by atoms with van der Waals surface area (Å²) in [6.45, 7) is 0. The summed E-state index contributed by atoms with van der Waals surface area (Å²) in [5.74, 6) is 0.996. The Morgan fingerprint density at radius 2 is 1.96 bits per heavy atom. The molecule has 8 heteroatoms. The van der Waals surface area contributed by atoms with E-state index in [1.54, 1.807) is 50.6 Å². The molecule has 0 spiro atoms. The second-order valence-corrected chi connectivity index (χ2v) is 6.62. The Morgan fingerprint density at radius 3 is 2.70 bits per heavy atom. The second kappa shape index (κ2) is 8.13. The second-order valence-electron chi connectivity index (χ2n) is 5.68. The Morgan fingerprint density at radius 1 is 1.19 bits per heavy atom. The lowest BCUT2D eigenvalue weighted by molar-refractivity contribution is -0.113. The normalized spacial score (nSPS) is 10.6. The molecule has 0 saturated carbocycles. The van der Waals surface area contributed by atoms with Gasteiger partial charge in [-0.3, -0.25) is 14.2 Å². The number of nitrogens with zero attached hydrogens (tertiary/aromatic N) is 2. The number of amides is 1. The van der Waals surface area contributed by atoms with Gasteiger partial charge in [0.2, 0.25) is 5.91 Å². The van der Waals surface area contributed by atoms with Crippen LogP contribution in [0.15, 0.2) is 52.4 Å². The highest BCUT2D eigenvalue weighted by Gasteiger charge is 2.13. The first-order valence-electron chi connectivity index (χ1n) is 8.14. The van der Waals surface area contributed by atoms with E-state index < -0.39 is 0 Å². The molecule has 0 atom stereocenters. The fourth-order valence-electron chi connectivity index (χ4n) is 2.55. The molecule has 0 radical (unpaired) electrons. The van der Waals surface area contributed by atoms with Crippen LogP contribution >= 0.6 is 11.8 Å². The number of benzene rings is 2. The molecule has 3 rings (SSSR count). The quantitative estimate of drug-likeness (QED) is 0.519. The summed E-state index contributed by atoms with van der Waals surface area (Å²) in [5, 5.41) is 3.83. The minimum absolute atomic E-state index is 0.0962. The molecule has 0 bridgehead atoms. The number of aromatic nitrogens is 2. The van der Waals surface area contributed by atoms with E-state index in [2.05, 4.69) is 10.3 Å². The van der Waals surface area contributed by atoms with Gasteiger partial charge in [0.1, 0.15) is 11.5 Å². The van der Waals surface area contributed by atoms with E-state index in [4.69, 9.17) is 9.47 Å². The predicted molar refractivity (Wildman–Crippen MR) is 106 cm³/mol. The zero-order chi connectivity index (χ0) is 19.4. The van der Waals surface area contributed by atoms with E-state index in [9.17, 15) is 9.59 Å². The van der Waals surface area contributed by atoms with Crippen molar-refractivity contribution >= 4 is 34.3 Å².